The van der Waals surface area contributed by atoms with E-state index in [4.69, 9.17) is 5.73 Å². The van der Waals surface area contributed by atoms with Crippen LogP contribution in [0.3, 0.4) is 0 Å². The molecule has 5 heteroatoms. The second kappa shape index (κ2) is 5.38. The third-order valence-corrected chi connectivity index (χ3v) is 3.37. The lowest BCUT2D eigenvalue weighted by atomic mass is 10.0. The van der Waals surface area contributed by atoms with Crippen LogP contribution < -0.4 is 5.73 Å². The number of nitrogens with zero attached hydrogens (tertiary/aromatic N) is 4. The zero-order chi connectivity index (χ0) is 13.9. The summed E-state index contributed by atoms with van der Waals surface area (Å²) in [5, 5.41) is 4.33. The third kappa shape index (κ3) is 2.16. The van der Waals surface area contributed by atoms with E-state index in [0.29, 0.717) is 0 Å². The van der Waals surface area contributed by atoms with Gasteiger partial charge in [0.1, 0.15) is 0 Å². The monoisotopic (exact) mass is 267 g/mol. The molecule has 20 heavy (non-hydrogen) atoms. The minimum atomic E-state index is -0.246. The van der Waals surface area contributed by atoms with Crippen molar-refractivity contribution in [3.63, 3.8) is 0 Å². The molecule has 0 saturated heterocycles. The summed E-state index contributed by atoms with van der Waals surface area (Å²) in [6, 6.07) is 7.64. The molecular formula is C15H17N5. The van der Waals surface area contributed by atoms with E-state index in [1.807, 2.05) is 28.9 Å². The van der Waals surface area contributed by atoms with Crippen LogP contribution in [-0.2, 0) is 6.54 Å². The van der Waals surface area contributed by atoms with Gasteiger partial charge in [0.15, 0.2) is 0 Å². The van der Waals surface area contributed by atoms with Crippen LogP contribution in [0.25, 0.3) is 11.0 Å². The zero-order valence-corrected chi connectivity index (χ0v) is 11.4. The summed E-state index contributed by atoms with van der Waals surface area (Å²) in [5.74, 6) is 0. The predicted octanol–water partition coefficient (Wildman–Crippen LogP) is 2.28. The van der Waals surface area contributed by atoms with Gasteiger partial charge in [0.05, 0.1) is 22.8 Å². The molecule has 3 aromatic rings. The SMILES string of the molecule is CCCn1nccc1C(N)c1cccc2nccnc12. The Kier molecular flexibility index (Phi) is 3.43. The zero-order valence-electron chi connectivity index (χ0n) is 11.4. The summed E-state index contributed by atoms with van der Waals surface area (Å²) in [6.45, 7) is 2.99. The largest absolute Gasteiger partial charge is 0.319 e. The maximum absolute atomic E-state index is 6.43. The molecule has 0 aliphatic heterocycles. The van der Waals surface area contributed by atoms with Gasteiger partial charge in [0, 0.05) is 30.7 Å². The van der Waals surface area contributed by atoms with Gasteiger partial charge < -0.3 is 5.73 Å². The van der Waals surface area contributed by atoms with Crippen molar-refractivity contribution in [3.05, 3.63) is 54.1 Å². The molecule has 1 unspecified atom stereocenters. The Morgan fingerprint density at radius 2 is 2.00 bits per heavy atom. The average molecular weight is 267 g/mol. The highest BCUT2D eigenvalue weighted by Crippen LogP contribution is 2.24. The van der Waals surface area contributed by atoms with E-state index in [-0.39, 0.29) is 6.04 Å². The summed E-state index contributed by atoms with van der Waals surface area (Å²) in [6.07, 6.45) is 6.21. The highest BCUT2D eigenvalue weighted by molar-refractivity contribution is 5.78. The predicted molar refractivity (Wildman–Crippen MR) is 78.1 cm³/mol. The molecule has 1 atom stereocenters. The summed E-state index contributed by atoms with van der Waals surface area (Å²) in [5.41, 5.74) is 10.1. The number of aromatic nitrogens is 4. The number of benzene rings is 1. The Hall–Kier alpha value is -2.27. The summed E-state index contributed by atoms with van der Waals surface area (Å²) in [4.78, 5) is 8.74. The smallest absolute Gasteiger partial charge is 0.0938 e. The number of hydrogen-bond acceptors (Lipinski definition) is 4. The van der Waals surface area contributed by atoms with Crippen LogP contribution in [0, 0.1) is 0 Å². The van der Waals surface area contributed by atoms with Gasteiger partial charge in [0.25, 0.3) is 0 Å². The van der Waals surface area contributed by atoms with Crippen molar-refractivity contribution >= 4 is 11.0 Å². The van der Waals surface area contributed by atoms with Crippen LogP contribution in [0.1, 0.15) is 30.6 Å². The molecule has 0 aliphatic carbocycles. The Balaban J connectivity index is 2.08. The van der Waals surface area contributed by atoms with Gasteiger partial charge in [-0.05, 0) is 18.6 Å². The number of para-hydroxylation sites is 1. The lowest BCUT2D eigenvalue weighted by molar-refractivity contribution is 0.560. The van der Waals surface area contributed by atoms with Crippen LogP contribution in [0.5, 0.6) is 0 Å². The number of hydrogen-bond donors (Lipinski definition) is 1. The van der Waals surface area contributed by atoms with Crippen molar-refractivity contribution in [2.24, 2.45) is 5.73 Å². The molecule has 0 radical (unpaired) electrons. The Bertz CT molecular complexity index is 714. The van der Waals surface area contributed by atoms with Crippen molar-refractivity contribution in [3.8, 4) is 0 Å². The molecule has 2 heterocycles. The molecule has 0 bridgehead atoms. The summed E-state index contributed by atoms with van der Waals surface area (Å²) >= 11 is 0. The molecule has 0 fully saturated rings. The van der Waals surface area contributed by atoms with Crippen molar-refractivity contribution in [2.45, 2.75) is 25.9 Å². The second-order valence-corrected chi connectivity index (χ2v) is 4.73. The van der Waals surface area contributed by atoms with Crippen molar-refractivity contribution in [1.29, 1.82) is 0 Å². The molecule has 1 aromatic carbocycles. The third-order valence-electron chi connectivity index (χ3n) is 3.37. The highest BCUT2D eigenvalue weighted by Gasteiger charge is 2.17. The molecule has 2 N–H and O–H groups in total. The molecule has 2 aromatic heterocycles. The quantitative estimate of drug-likeness (QED) is 0.787. The standard InChI is InChI=1S/C15H17N5/c1-2-10-20-13(6-7-19-20)14(16)11-4-3-5-12-15(11)18-9-8-17-12/h3-9,14H,2,10,16H2,1H3. The topological polar surface area (TPSA) is 69.6 Å². The first kappa shape index (κ1) is 12.7. The van der Waals surface area contributed by atoms with E-state index in [1.165, 1.54) is 0 Å². The molecule has 5 nitrogen and oxygen atoms in total. The fourth-order valence-electron chi connectivity index (χ4n) is 2.43. The van der Waals surface area contributed by atoms with Gasteiger partial charge in [-0.25, -0.2) is 0 Å². The fourth-order valence-corrected chi connectivity index (χ4v) is 2.43. The molecule has 102 valence electrons. The van der Waals surface area contributed by atoms with Gasteiger partial charge in [-0.1, -0.05) is 19.1 Å². The lowest BCUT2D eigenvalue weighted by Gasteiger charge is -2.15. The van der Waals surface area contributed by atoms with E-state index in [0.717, 1.165) is 35.3 Å². The Morgan fingerprint density at radius 3 is 2.85 bits per heavy atom. The van der Waals surface area contributed by atoms with E-state index >= 15 is 0 Å². The van der Waals surface area contributed by atoms with Crippen molar-refractivity contribution < 1.29 is 0 Å². The van der Waals surface area contributed by atoms with E-state index in [2.05, 4.69) is 22.0 Å². The van der Waals surface area contributed by atoms with Gasteiger partial charge in [0.2, 0.25) is 0 Å². The van der Waals surface area contributed by atoms with E-state index < -0.39 is 0 Å². The van der Waals surface area contributed by atoms with E-state index in [1.54, 1.807) is 18.6 Å². The van der Waals surface area contributed by atoms with E-state index in [9.17, 15) is 0 Å². The first-order valence-electron chi connectivity index (χ1n) is 6.78. The maximum atomic E-state index is 6.43. The number of aryl methyl sites for hydroxylation is 1. The highest BCUT2D eigenvalue weighted by atomic mass is 15.3. The van der Waals surface area contributed by atoms with Crippen LogP contribution >= 0.6 is 0 Å². The van der Waals surface area contributed by atoms with Crippen LogP contribution in [0.4, 0.5) is 0 Å². The van der Waals surface area contributed by atoms with Gasteiger partial charge in [-0.15, -0.1) is 0 Å². The van der Waals surface area contributed by atoms with Crippen molar-refractivity contribution in [2.75, 3.05) is 0 Å². The number of nitrogens with two attached hydrogens (primary N) is 1. The minimum Gasteiger partial charge on any atom is -0.319 e. The average Bonchev–Trinajstić information content (AvgIpc) is 2.94. The fraction of sp³-hybridized carbons (Fsp3) is 0.267. The van der Waals surface area contributed by atoms with Gasteiger partial charge in [-0.2, -0.15) is 5.10 Å². The molecule has 0 aliphatic rings. The minimum absolute atomic E-state index is 0.246. The normalized spacial score (nSPS) is 12.7. The number of fused-ring (bicyclic) bond motifs is 1. The molecule has 3 rings (SSSR count). The molecule has 0 spiro atoms. The van der Waals surface area contributed by atoms with Crippen LogP contribution in [0.2, 0.25) is 0 Å². The molecule has 0 amide bonds. The van der Waals surface area contributed by atoms with Crippen molar-refractivity contribution in [1.82, 2.24) is 19.7 Å². The van der Waals surface area contributed by atoms with Crippen LogP contribution in [-0.4, -0.2) is 19.7 Å². The summed E-state index contributed by atoms with van der Waals surface area (Å²) < 4.78 is 1.96. The first-order valence-corrected chi connectivity index (χ1v) is 6.78. The first-order chi connectivity index (χ1) is 9.81. The second-order valence-electron chi connectivity index (χ2n) is 4.73. The Labute approximate surface area is 117 Å². The van der Waals surface area contributed by atoms with Crippen LogP contribution in [0.15, 0.2) is 42.9 Å². The lowest BCUT2D eigenvalue weighted by Crippen LogP contribution is -2.18. The maximum Gasteiger partial charge on any atom is 0.0938 e. The molecule has 0 saturated carbocycles. The van der Waals surface area contributed by atoms with Gasteiger partial charge in [-0.3, -0.25) is 14.6 Å². The summed E-state index contributed by atoms with van der Waals surface area (Å²) in [7, 11) is 0. The van der Waals surface area contributed by atoms with Gasteiger partial charge >= 0.3 is 0 Å². The number of rotatable bonds is 4. The Morgan fingerprint density at radius 1 is 1.15 bits per heavy atom. The molecular weight excluding hydrogens is 250 g/mol.